The van der Waals surface area contributed by atoms with Gasteiger partial charge in [-0.3, -0.25) is 9.59 Å². The number of carbonyl (C=O) groups is 2. The Kier molecular flexibility index (Phi) is 3.28. The Morgan fingerprint density at radius 1 is 1.23 bits per heavy atom. The molecule has 0 aromatic carbocycles. The molecule has 0 amide bonds. The second-order valence-electron chi connectivity index (χ2n) is 3.67. The first-order chi connectivity index (χ1) is 6.09. The molecule has 13 heavy (non-hydrogen) atoms. The molecule has 0 heterocycles. The predicted octanol–water partition coefficient (Wildman–Crippen LogP) is 1.35. The first kappa shape index (κ1) is 10.0. The fourth-order valence-corrected chi connectivity index (χ4v) is 1.95. The van der Waals surface area contributed by atoms with Gasteiger partial charge in [0.05, 0.1) is 5.92 Å². The number of aliphatic carboxylic acids is 2. The minimum atomic E-state index is -0.823. The van der Waals surface area contributed by atoms with Crippen LogP contribution in [0, 0.1) is 11.8 Å². The molecular formula is C9H14O4. The summed E-state index contributed by atoms with van der Waals surface area (Å²) >= 11 is 0. The van der Waals surface area contributed by atoms with Crippen molar-refractivity contribution in [1.29, 1.82) is 0 Å². The Morgan fingerprint density at radius 3 is 2.46 bits per heavy atom. The van der Waals surface area contributed by atoms with Gasteiger partial charge < -0.3 is 10.2 Å². The van der Waals surface area contributed by atoms with Crippen LogP contribution in [0.15, 0.2) is 0 Å². The van der Waals surface area contributed by atoms with E-state index in [-0.39, 0.29) is 18.3 Å². The molecule has 0 radical (unpaired) electrons. The van der Waals surface area contributed by atoms with Gasteiger partial charge in [-0.2, -0.15) is 0 Å². The van der Waals surface area contributed by atoms with Crippen LogP contribution < -0.4 is 0 Å². The van der Waals surface area contributed by atoms with Gasteiger partial charge in [-0.25, -0.2) is 0 Å². The Labute approximate surface area is 76.6 Å². The van der Waals surface area contributed by atoms with Crippen molar-refractivity contribution in [2.24, 2.45) is 11.8 Å². The molecular weight excluding hydrogens is 172 g/mol. The summed E-state index contributed by atoms with van der Waals surface area (Å²) in [6.45, 7) is 0. The van der Waals surface area contributed by atoms with E-state index in [0.717, 1.165) is 12.8 Å². The summed E-state index contributed by atoms with van der Waals surface area (Å²) < 4.78 is 0. The molecule has 1 rings (SSSR count). The lowest BCUT2D eigenvalue weighted by molar-refractivity contribution is -0.145. The molecule has 1 saturated carbocycles. The van der Waals surface area contributed by atoms with Gasteiger partial charge >= 0.3 is 11.9 Å². The zero-order valence-corrected chi connectivity index (χ0v) is 7.40. The summed E-state index contributed by atoms with van der Waals surface area (Å²) in [7, 11) is 0. The van der Waals surface area contributed by atoms with Crippen LogP contribution in [-0.4, -0.2) is 22.2 Å². The van der Waals surface area contributed by atoms with Crippen LogP contribution in [0.2, 0.25) is 0 Å². The average molecular weight is 186 g/mol. The van der Waals surface area contributed by atoms with E-state index in [1.54, 1.807) is 0 Å². The van der Waals surface area contributed by atoms with Crippen molar-refractivity contribution in [3.63, 3.8) is 0 Å². The summed E-state index contributed by atoms with van der Waals surface area (Å²) in [4.78, 5) is 21.0. The van der Waals surface area contributed by atoms with Crippen LogP contribution in [-0.2, 0) is 9.59 Å². The highest BCUT2D eigenvalue weighted by atomic mass is 16.4. The molecule has 0 saturated heterocycles. The number of carboxylic acids is 2. The van der Waals surface area contributed by atoms with Gasteiger partial charge in [-0.05, 0) is 25.2 Å². The molecule has 1 fully saturated rings. The first-order valence-corrected chi connectivity index (χ1v) is 4.54. The lowest BCUT2D eigenvalue weighted by atomic mass is 9.80. The van der Waals surface area contributed by atoms with Gasteiger partial charge in [-0.1, -0.05) is 6.42 Å². The van der Waals surface area contributed by atoms with Crippen molar-refractivity contribution in [1.82, 2.24) is 0 Å². The fourth-order valence-electron chi connectivity index (χ4n) is 1.95. The topological polar surface area (TPSA) is 74.6 Å². The van der Waals surface area contributed by atoms with Gasteiger partial charge in [-0.15, -0.1) is 0 Å². The molecule has 2 N–H and O–H groups in total. The number of hydrogen-bond donors (Lipinski definition) is 2. The molecule has 4 nitrogen and oxygen atoms in total. The summed E-state index contributed by atoms with van der Waals surface area (Å²) in [6, 6.07) is 0. The molecule has 1 aliphatic carbocycles. The van der Waals surface area contributed by atoms with Crippen molar-refractivity contribution < 1.29 is 19.8 Å². The maximum atomic E-state index is 10.6. The van der Waals surface area contributed by atoms with Crippen molar-refractivity contribution in [3.8, 4) is 0 Å². The minimum Gasteiger partial charge on any atom is -0.481 e. The SMILES string of the molecule is O=C(O)CC1CCCC(C(=O)O)C1. The van der Waals surface area contributed by atoms with E-state index in [9.17, 15) is 9.59 Å². The smallest absolute Gasteiger partial charge is 0.306 e. The van der Waals surface area contributed by atoms with Crippen LogP contribution in [0.1, 0.15) is 32.1 Å². The van der Waals surface area contributed by atoms with E-state index >= 15 is 0 Å². The van der Waals surface area contributed by atoms with Crippen molar-refractivity contribution in [2.75, 3.05) is 0 Å². The zero-order valence-electron chi connectivity index (χ0n) is 7.40. The molecule has 0 aromatic heterocycles. The number of carboxylic acid groups (broad SMARTS) is 2. The van der Waals surface area contributed by atoms with E-state index < -0.39 is 11.9 Å². The molecule has 2 unspecified atom stereocenters. The van der Waals surface area contributed by atoms with Gasteiger partial charge in [0.1, 0.15) is 0 Å². The molecule has 0 spiro atoms. The summed E-state index contributed by atoms with van der Waals surface area (Å²) in [6.07, 6.45) is 3.04. The van der Waals surface area contributed by atoms with Crippen molar-refractivity contribution in [2.45, 2.75) is 32.1 Å². The normalized spacial score (nSPS) is 28.3. The number of hydrogen-bond acceptors (Lipinski definition) is 2. The van der Waals surface area contributed by atoms with E-state index in [2.05, 4.69) is 0 Å². The van der Waals surface area contributed by atoms with Crippen LogP contribution in [0.3, 0.4) is 0 Å². The third-order valence-electron chi connectivity index (χ3n) is 2.60. The van der Waals surface area contributed by atoms with Crippen molar-refractivity contribution >= 4 is 11.9 Å². The lowest BCUT2D eigenvalue weighted by Gasteiger charge is -2.25. The van der Waals surface area contributed by atoms with E-state index in [0.29, 0.717) is 12.8 Å². The van der Waals surface area contributed by atoms with E-state index in [1.807, 2.05) is 0 Å². The Bertz CT molecular complexity index is 212. The monoisotopic (exact) mass is 186 g/mol. The molecule has 0 aromatic rings. The highest BCUT2D eigenvalue weighted by Gasteiger charge is 2.27. The van der Waals surface area contributed by atoms with Gasteiger partial charge in [0.15, 0.2) is 0 Å². The fraction of sp³-hybridized carbons (Fsp3) is 0.778. The maximum Gasteiger partial charge on any atom is 0.306 e. The predicted molar refractivity (Wildman–Crippen MR) is 45.3 cm³/mol. The van der Waals surface area contributed by atoms with Gasteiger partial charge in [0, 0.05) is 6.42 Å². The summed E-state index contributed by atoms with van der Waals surface area (Å²) in [5.74, 6) is -1.86. The third kappa shape index (κ3) is 3.05. The van der Waals surface area contributed by atoms with Crippen molar-refractivity contribution in [3.05, 3.63) is 0 Å². The number of rotatable bonds is 3. The molecule has 0 bridgehead atoms. The quantitative estimate of drug-likeness (QED) is 0.697. The molecule has 1 aliphatic rings. The molecule has 74 valence electrons. The largest absolute Gasteiger partial charge is 0.481 e. The minimum absolute atomic E-state index is 0.0624. The second kappa shape index (κ2) is 4.25. The standard InChI is InChI=1S/C9H14O4/c10-8(11)5-6-2-1-3-7(4-6)9(12)13/h6-7H,1-5H2,(H,10,11)(H,12,13). The zero-order chi connectivity index (χ0) is 9.84. The summed E-state index contributed by atoms with van der Waals surface area (Å²) in [5, 5.41) is 17.3. The second-order valence-corrected chi connectivity index (χ2v) is 3.67. The lowest BCUT2D eigenvalue weighted by Crippen LogP contribution is -2.23. The Balaban J connectivity index is 2.41. The van der Waals surface area contributed by atoms with Crippen LogP contribution >= 0.6 is 0 Å². The maximum absolute atomic E-state index is 10.6. The van der Waals surface area contributed by atoms with Gasteiger partial charge in [0.25, 0.3) is 0 Å². The van der Waals surface area contributed by atoms with Crippen LogP contribution in [0.4, 0.5) is 0 Å². The molecule has 2 atom stereocenters. The van der Waals surface area contributed by atoms with Gasteiger partial charge in [0.2, 0.25) is 0 Å². The first-order valence-electron chi connectivity index (χ1n) is 4.54. The van der Waals surface area contributed by atoms with E-state index in [1.165, 1.54) is 0 Å². The Morgan fingerprint density at radius 2 is 1.92 bits per heavy atom. The van der Waals surface area contributed by atoms with E-state index in [4.69, 9.17) is 10.2 Å². The third-order valence-corrected chi connectivity index (χ3v) is 2.60. The van der Waals surface area contributed by atoms with Crippen LogP contribution in [0.5, 0.6) is 0 Å². The average Bonchev–Trinajstić information content (AvgIpc) is 2.03. The molecule has 0 aliphatic heterocycles. The highest BCUT2D eigenvalue weighted by Crippen LogP contribution is 2.31. The van der Waals surface area contributed by atoms with Crippen LogP contribution in [0.25, 0.3) is 0 Å². The Hall–Kier alpha value is -1.06. The highest BCUT2D eigenvalue weighted by molar-refractivity contribution is 5.70. The molecule has 4 heteroatoms. The summed E-state index contributed by atoms with van der Waals surface area (Å²) in [5.41, 5.74) is 0.